The predicted molar refractivity (Wildman–Crippen MR) is 111 cm³/mol. The van der Waals surface area contributed by atoms with E-state index in [1.165, 1.54) is 14.0 Å². The number of ketones is 1. The molecule has 3 rings (SSSR count). The maximum absolute atomic E-state index is 12.5. The van der Waals surface area contributed by atoms with Crippen LogP contribution in [0.15, 0.2) is 60.8 Å². The number of nitrogens with zero attached hydrogens (tertiary/aromatic N) is 1. The Kier molecular flexibility index (Phi) is 6.09. The van der Waals surface area contributed by atoms with Gasteiger partial charge in [-0.2, -0.15) is 0 Å². The van der Waals surface area contributed by atoms with Gasteiger partial charge >= 0.3 is 0 Å². The zero-order valence-corrected chi connectivity index (χ0v) is 16.4. The zero-order chi connectivity index (χ0) is 20.8. The number of carbonyl (C=O) groups is 2. The summed E-state index contributed by atoms with van der Waals surface area (Å²) in [6, 6.07) is 15.6. The highest BCUT2D eigenvalue weighted by molar-refractivity contribution is 6.03. The van der Waals surface area contributed by atoms with Crippen LogP contribution < -0.4 is 20.1 Å². The van der Waals surface area contributed by atoms with Gasteiger partial charge in [0, 0.05) is 17.3 Å². The molecule has 2 aromatic carbocycles. The second-order valence-corrected chi connectivity index (χ2v) is 6.21. The number of methoxy groups -OCH3 is 2. The molecule has 0 radical (unpaired) electrons. The molecule has 0 saturated carbocycles. The van der Waals surface area contributed by atoms with E-state index in [4.69, 9.17) is 9.47 Å². The number of anilines is 3. The fraction of sp³-hybridized carbons (Fsp3) is 0.136. The van der Waals surface area contributed by atoms with E-state index < -0.39 is 0 Å². The van der Waals surface area contributed by atoms with Crippen molar-refractivity contribution in [1.82, 2.24) is 4.98 Å². The Labute approximate surface area is 168 Å². The largest absolute Gasteiger partial charge is 0.497 e. The third kappa shape index (κ3) is 4.90. The van der Waals surface area contributed by atoms with Crippen molar-refractivity contribution in [3.05, 3.63) is 72.1 Å². The summed E-state index contributed by atoms with van der Waals surface area (Å²) in [5.74, 6) is 0.780. The van der Waals surface area contributed by atoms with Crippen molar-refractivity contribution in [3.63, 3.8) is 0 Å². The van der Waals surface area contributed by atoms with E-state index in [0.29, 0.717) is 22.7 Å². The summed E-state index contributed by atoms with van der Waals surface area (Å²) in [7, 11) is 3.08. The standard InChI is InChI=1S/C22H21N3O4/c1-14(26)15-4-6-16(7-5-15)24-17-8-10-20(23-13-17)22(27)25-19-11-9-18(28-2)12-21(19)29-3/h4-13,24H,1-3H3,(H,25,27). The molecule has 29 heavy (non-hydrogen) atoms. The van der Waals surface area contributed by atoms with Crippen LogP contribution in [-0.4, -0.2) is 30.9 Å². The highest BCUT2D eigenvalue weighted by atomic mass is 16.5. The normalized spacial score (nSPS) is 10.2. The van der Waals surface area contributed by atoms with Crippen LogP contribution in [0.2, 0.25) is 0 Å². The second-order valence-electron chi connectivity index (χ2n) is 6.21. The predicted octanol–water partition coefficient (Wildman–Crippen LogP) is 4.30. The molecule has 1 aromatic heterocycles. The minimum Gasteiger partial charge on any atom is -0.497 e. The maximum atomic E-state index is 12.5. The van der Waals surface area contributed by atoms with Gasteiger partial charge in [0.15, 0.2) is 5.78 Å². The number of Topliss-reactive ketones (excluding diaryl/α,β-unsaturated/α-hetero) is 1. The summed E-state index contributed by atoms with van der Waals surface area (Å²) >= 11 is 0. The number of hydrogen-bond donors (Lipinski definition) is 2. The molecule has 0 atom stereocenters. The molecule has 0 unspecified atom stereocenters. The van der Waals surface area contributed by atoms with E-state index in [1.54, 1.807) is 55.8 Å². The van der Waals surface area contributed by atoms with Gasteiger partial charge in [-0.3, -0.25) is 9.59 Å². The first-order chi connectivity index (χ1) is 14.0. The van der Waals surface area contributed by atoms with Crippen molar-refractivity contribution in [2.75, 3.05) is 24.9 Å². The zero-order valence-electron chi connectivity index (χ0n) is 16.4. The quantitative estimate of drug-likeness (QED) is 0.584. The van der Waals surface area contributed by atoms with E-state index in [-0.39, 0.29) is 17.4 Å². The van der Waals surface area contributed by atoms with Crippen LogP contribution in [0, 0.1) is 0 Å². The van der Waals surface area contributed by atoms with Crippen LogP contribution in [-0.2, 0) is 0 Å². The number of benzene rings is 2. The van der Waals surface area contributed by atoms with Gasteiger partial charge in [0.2, 0.25) is 0 Å². The molecule has 0 aliphatic heterocycles. The van der Waals surface area contributed by atoms with E-state index in [2.05, 4.69) is 15.6 Å². The molecule has 7 nitrogen and oxygen atoms in total. The molecular weight excluding hydrogens is 370 g/mol. The number of pyridine rings is 1. The van der Waals surface area contributed by atoms with E-state index in [1.807, 2.05) is 12.1 Å². The summed E-state index contributed by atoms with van der Waals surface area (Å²) in [5, 5.41) is 5.96. The van der Waals surface area contributed by atoms with E-state index >= 15 is 0 Å². The van der Waals surface area contributed by atoms with E-state index in [9.17, 15) is 9.59 Å². The number of carbonyl (C=O) groups excluding carboxylic acids is 2. The first-order valence-electron chi connectivity index (χ1n) is 8.87. The highest BCUT2D eigenvalue weighted by Gasteiger charge is 2.12. The van der Waals surface area contributed by atoms with Crippen molar-refractivity contribution >= 4 is 28.8 Å². The number of ether oxygens (including phenoxy) is 2. The summed E-state index contributed by atoms with van der Waals surface area (Å²) in [6.45, 7) is 1.53. The molecule has 0 fully saturated rings. The molecule has 1 amide bonds. The lowest BCUT2D eigenvalue weighted by molar-refractivity contribution is 0.101. The Balaban J connectivity index is 1.68. The number of amides is 1. The molecule has 0 saturated heterocycles. The van der Waals surface area contributed by atoms with Gasteiger partial charge in [0.1, 0.15) is 17.2 Å². The lowest BCUT2D eigenvalue weighted by atomic mass is 10.1. The molecule has 2 N–H and O–H groups in total. The van der Waals surface area contributed by atoms with Gasteiger partial charge in [-0.25, -0.2) is 4.98 Å². The summed E-state index contributed by atoms with van der Waals surface area (Å²) in [6.07, 6.45) is 1.57. The Bertz CT molecular complexity index is 1020. The second kappa shape index (κ2) is 8.88. The molecule has 0 aliphatic carbocycles. The number of hydrogen-bond acceptors (Lipinski definition) is 6. The minimum atomic E-state index is -0.356. The summed E-state index contributed by atoms with van der Waals surface area (Å²) in [5.41, 5.74) is 2.97. The highest BCUT2D eigenvalue weighted by Crippen LogP contribution is 2.29. The maximum Gasteiger partial charge on any atom is 0.274 e. The molecule has 148 valence electrons. The monoisotopic (exact) mass is 391 g/mol. The van der Waals surface area contributed by atoms with Crippen LogP contribution in [0.3, 0.4) is 0 Å². The Hall–Kier alpha value is -3.87. The first-order valence-corrected chi connectivity index (χ1v) is 8.87. The Morgan fingerprint density at radius 2 is 1.62 bits per heavy atom. The fourth-order valence-electron chi connectivity index (χ4n) is 2.65. The van der Waals surface area contributed by atoms with Gasteiger partial charge < -0.3 is 20.1 Å². The van der Waals surface area contributed by atoms with Crippen LogP contribution in [0.5, 0.6) is 11.5 Å². The van der Waals surface area contributed by atoms with Crippen molar-refractivity contribution in [3.8, 4) is 11.5 Å². The van der Waals surface area contributed by atoms with Gasteiger partial charge in [-0.15, -0.1) is 0 Å². The van der Waals surface area contributed by atoms with Crippen molar-refractivity contribution in [1.29, 1.82) is 0 Å². The smallest absolute Gasteiger partial charge is 0.274 e. The Morgan fingerprint density at radius 3 is 2.21 bits per heavy atom. The third-order valence-corrected chi connectivity index (χ3v) is 4.23. The van der Waals surface area contributed by atoms with Crippen LogP contribution in [0.1, 0.15) is 27.8 Å². The van der Waals surface area contributed by atoms with Gasteiger partial charge in [-0.1, -0.05) is 0 Å². The van der Waals surface area contributed by atoms with Crippen LogP contribution in [0.4, 0.5) is 17.1 Å². The summed E-state index contributed by atoms with van der Waals surface area (Å²) < 4.78 is 10.4. The molecule has 0 bridgehead atoms. The summed E-state index contributed by atoms with van der Waals surface area (Å²) in [4.78, 5) is 28.0. The van der Waals surface area contributed by atoms with Gasteiger partial charge in [0.05, 0.1) is 31.8 Å². The number of rotatable bonds is 7. The third-order valence-electron chi connectivity index (χ3n) is 4.23. The van der Waals surface area contributed by atoms with Gasteiger partial charge in [-0.05, 0) is 55.5 Å². The molecule has 0 aliphatic rings. The lowest BCUT2D eigenvalue weighted by Gasteiger charge is -2.12. The number of nitrogens with one attached hydrogen (secondary N) is 2. The van der Waals surface area contributed by atoms with Crippen molar-refractivity contribution in [2.24, 2.45) is 0 Å². The molecule has 3 aromatic rings. The van der Waals surface area contributed by atoms with Gasteiger partial charge in [0.25, 0.3) is 5.91 Å². The molecule has 0 spiro atoms. The molecule has 7 heteroatoms. The molecule has 1 heterocycles. The minimum absolute atomic E-state index is 0.0158. The topological polar surface area (TPSA) is 89.6 Å². The average molecular weight is 391 g/mol. The Morgan fingerprint density at radius 1 is 0.897 bits per heavy atom. The van der Waals surface area contributed by atoms with Crippen LogP contribution >= 0.6 is 0 Å². The lowest BCUT2D eigenvalue weighted by Crippen LogP contribution is -2.14. The molecular formula is C22H21N3O4. The number of aromatic nitrogens is 1. The fourth-order valence-corrected chi connectivity index (χ4v) is 2.65. The van der Waals surface area contributed by atoms with Crippen molar-refractivity contribution < 1.29 is 19.1 Å². The SMILES string of the molecule is COc1ccc(NC(=O)c2ccc(Nc3ccc(C(C)=O)cc3)cn2)c(OC)c1. The first kappa shape index (κ1) is 19.9. The van der Waals surface area contributed by atoms with Crippen LogP contribution in [0.25, 0.3) is 0 Å². The average Bonchev–Trinajstić information content (AvgIpc) is 2.74. The van der Waals surface area contributed by atoms with E-state index in [0.717, 1.165) is 11.4 Å². The van der Waals surface area contributed by atoms with Crippen molar-refractivity contribution in [2.45, 2.75) is 6.92 Å².